The Kier molecular flexibility index (Phi) is 5.95. The Hall–Kier alpha value is -2.12. The predicted molar refractivity (Wildman–Crippen MR) is 97.8 cm³/mol. The Morgan fingerprint density at radius 2 is 2.04 bits per heavy atom. The van der Waals surface area contributed by atoms with E-state index in [1.54, 1.807) is 14.0 Å². The number of benzene rings is 1. The molecule has 1 aromatic carbocycles. The van der Waals surface area contributed by atoms with Gasteiger partial charge in [0.25, 0.3) is 0 Å². The van der Waals surface area contributed by atoms with E-state index in [1.807, 2.05) is 37.3 Å². The molecular formula is C16H18N2O3S2. The molecule has 0 aliphatic heterocycles. The quantitative estimate of drug-likeness (QED) is 0.627. The van der Waals surface area contributed by atoms with Gasteiger partial charge in [-0.25, -0.2) is 4.79 Å². The fourth-order valence-electron chi connectivity index (χ4n) is 1.96. The Morgan fingerprint density at radius 1 is 1.30 bits per heavy atom. The van der Waals surface area contributed by atoms with Crippen molar-refractivity contribution in [1.82, 2.24) is 0 Å². The van der Waals surface area contributed by atoms with E-state index in [9.17, 15) is 4.79 Å². The fourth-order valence-corrected chi connectivity index (χ4v) is 3.21. The highest BCUT2D eigenvalue weighted by molar-refractivity contribution is 7.80. The number of esters is 1. The van der Waals surface area contributed by atoms with Crippen LogP contribution in [0.3, 0.4) is 0 Å². The van der Waals surface area contributed by atoms with Crippen molar-refractivity contribution in [2.75, 3.05) is 24.4 Å². The number of ether oxygens (including phenoxy) is 2. The molecule has 2 aromatic rings. The number of thiocarbonyl (C=S) groups is 1. The molecule has 0 spiro atoms. The first-order valence-corrected chi connectivity index (χ1v) is 8.26. The molecule has 0 saturated carbocycles. The van der Waals surface area contributed by atoms with Crippen molar-refractivity contribution in [3.05, 3.63) is 40.8 Å². The van der Waals surface area contributed by atoms with Gasteiger partial charge in [-0.2, -0.15) is 0 Å². The summed E-state index contributed by atoms with van der Waals surface area (Å²) in [7, 11) is 1.60. The number of hydrogen-bond acceptors (Lipinski definition) is 5. The molecule has 1 aromatic heterocycles. The second kappa shape index (κ2) is 7.94. The first-order valence-electron chi connectivity index (χ1n) is 7.03. The van der Waals surface area contributed by atoms with Gasteiger partial charge in [0, 0.05) is 0 Å². The van der Waals surface area contributed by atoms with Gasteiger partial charge in [0.15, 0.2) is 5.11 Å². The van der Waals surface area contributed by atoms with Gasteiger partial charge in [0.05, 0.1) is 24.4 Å². The summed E-state index contributed by atoms with van der Waals surface area (Å²) in [4.78, 5) is 12.4. The van der Waals surface area contributed by atoms with Gasteiger partial charge in [0.2, 0.25) is 0 Å². The number of thiophene rings is 1. The van der Waals surface area contributed by atoms with Crippen LogP contribution in [0.4, 0.5) is 10.7 Å². The van der Waals surface area contributed by atoms with E-state index < -0.39 is 0 Å². The van der Waals surface area contributed by atoms with Crippen LogP contribution in [0.15, 0.2) is 30.3 Å². The van der Waals surface area contributed by atoms with E-state index in [4.69, 9.17) is 21.7 Å². The second-order valence-electron chi connectivity index (χ2n) is 4.62. The summed E-state index contributed by atoms with van der Waals surface area (Å²) in [6.45, 7) is 4.00. The maximum absolute atomic E-state index is 11.8. The van der Waals surface area contributed by atoms with Gasteiger partial charge in [-0.15, -0.1) is 11.3 Å². The van der Waals surface area contributed by atoms with E-state index in [0.29, 0.717) is 22.3 Å². The molecule has 7 heteroatoms. The summed E-state index contributed by atoms with van der Waals surface area (Å²) in [5.41, 5.74) is 1.63. The van der Waals surface area contributed by atoms with Crippen LogP contribution in [-0.2, 0) is 4.74 Å². The molecule has 0 fully saturated rings. The highest BCUT2D eigenvalue weighted by atomic mass is 32.1. The first-order chi connectivity index (χ1) is 11.0. The molecule has 0 aliphatic carbocycles. The molecule has 2 rings (SSSR count). The van der Waals surface area contributed by atoms with E-state index in [-0.39, 0.29) is 5.97 Å². The molecule has 0 bridgehead atoms. The van der Waals surface area contributed by atoms with E-state index in [0.717, 1.165) is 16.3 Å². The summed E-state index contributed by atoms with van der Waals surface area (Å²) >= 11 is 6.62. The number of nitrogens with one attached hydrogen (secondary N) is 2. The van der Waals surface area contributed by atoms with E-state index >= 15 is 0 Å². The largest absolute Gasteiger partial charge is 0.495 e. The predicted octanol–water partition coefficient (Wildman–Crippen LogP) is 4.05. The Balaban J connectivity index is 2.06. The van der Waals surface area contributed by atoms with Crippen molar-refractivity contribution in [1.29, 1.82) is 0 Å². The van der Waals surface area contributed by atoms with Gasteiger partial charge in [-0.3, -0.25) is 0 Å². The normalized spacial score (nSPS) is 10.0. The minimum atomic E-state index is -0.313. The van der Waals surface area contributed by atoms with Crippen LogP contribution in [0.25, 0.3) is 0 Å². The number of aryl methyl sites for hydroxylation is 1. The van der Waals surface area contributed by atoms with Gasteiger partial charge in [-0.1, -0.05) is 12.1 Å². The van der Waals surface area contributed by atoms with Crippen LogP contribution >= 0.6 is 23.6 Å². The van der Waals surface area contributed by atoms with Gasteiger partial charge in [0.1, 0.15) is 10.6 Å². The third-order valence-corrected chi connectivity index (χ3v) is 4.31. The van der Waals surface area contributed by atoms with Crippen LogP contribution in [0.2, 0.25) is 0 Å². The summed E-state index contributed by atoms with van der Waals surface area (Å²) in [5, 5.41) is 7.35. The number of carbonyl (C=O) groups excluding carboxylic acids is 1. The Morgan fingerprint density at radius 3 is 2.74 bits per heavy atom. The second-order valence-corrected chi connectivity index (χ2v) is 6.08. The van der Waals surface area contributed by atoms with Crippen molar-refractivity contribution in [2.24, 2.45) is 0 Å². The molecule has 0 amide bonds. The zero-order valence-electron chi connectivity index (χ0n) is 13.1. The lowest BCUT2D eigenvalue weighted by molar-refractivity contribution is 0.0531. The van der Waals surface area contributed by atoms with Crippen LogP contribution in [0.1, 0.15) is 22.2 Å². The third kappa shape index (κ3) is 4.43. The minimum Gasteiger partial charge on any atom is -0.495 e. The topological polar surface area (TPSA) is 59.6 Å². The highest BCUT2D eigenvalue weighted by Crippen LogP contribution is 2.28. The maximum atomic E-state index is 11.8. The number of carbonyl (C=O) groups is 1. The average Bonchev–Trinajstić information content (AvgIpc) is 2.88. The molecule has 0 atom stereocenters. The molecule has 0 radical (unpaired) electrons. The molecule has 5 nitrogen and oxygen atoms in total. The van der Waals surface area contributed by atoms with Gasteiger partial charge < -0.3 is 20.1 Å². The number of anilines is 2. The maximum Gasteiger partial charge on any atom is 0.348 e. The summed E-state index contributed by atoms with van der Waals surface area (Å²) in [6.07, 6.45) is 0. The zero-order valence-corrected chi connectivity index (χ0v) is 14.8. The fraction of sp³-hybridized carbons (Fsp3) is 0.250. The molecule has 0 unspecified atom stereocenters. The Bertz CT molecular complexity index is 713. The van der Waals surface area contributed by atoms with Crippen LogP contribution < -0.4 is 15.4 Å². The SMILES string of the molecule is CCOC(=O)c1sc(NC(=S)Nc2ccccc2OC)cc1C. The van der Waals surface area contributed by atoms with Gasteiger partial charge in [-0.05, 0) is 49.8 Å². The molecule has 0 saturated heterocycles. The smallest absolute Gasteiger partial charge is 0.348 e. The molecule has 122 valence electrons. The lowest BCUT2D eigenvalue weighted by Crippen LogP contribution is -2.18. The van der Waals surface area contributed by atoms with Crippen molar-refractivity contribution in [3.63, 3.8) is 0 Å². The number of methoxy groups -OCH3 is 1. The molecule has 23 heavy (non-hydrogen) atoms. The monoisotopic (exact) mass is 350 g/mol. The number of rotatable bonds is 5. The first kappa shape index (κ1) is 17.2. The lowest BCUT2D eigenvalue weighted by Gasteiger charge is -2.12. The summed E-state index contributed by atoms with van der Waals surface area (Å²) < 4.78 is 10.3. The van der Waals surface area contributed by atoms with Crippen LogP contribution in [-0.4, -0.2) is 24.8 Å². The molecular weight excluding hydrogens is 332 g/mol. The Labute approximate surface area is 144 Å². The lowest BCUT2D eigenvalue weighted by atomic mass is 10.3. The molecule has 2 N–H and O–H groups in total. The highest BCUT2D eigenvalue weighted by Gasteiger charge is 2.15. The van der Waals surface area contributed by atoms with E-state index in [1.165, 1.54) is 11.3 Å². The van der Waals surface area contributed by atoms with Crippen LogP contribution in [0.5, 0.6) is 5.75 Å². The van der Waals surface area contributed by atoms with Crippen molar-refractivity contribution in [3.8, 4) is 5.75 Å². The number of hydrogen-bond donors (Lipinski definition) is 2. The third-order valence-electron chi connectivity index (χ3n) is 2.97. The van der Waals surface area contributed by atoms with Crippen molar-refractivity contribution < 1.29 is 14.3 Å². The molecule has 0 aliphatic rings. The number of para-hydroxylation sites is 2. The average molecular weight is 350 g/mol. The van der Waals surface area contributed by atoms with Crippen LogP contribution in [0, 0.1) is 6.92 Å². The zero-order chi connectivity index (χ0) is 16.8. The molecule has 1 heterocycles. The summed E-state index contributed by atoms with van der Waals surface area (Å²) in [5.74, 6) is 0.387. The summed E-state index contributed by atoms with van der Waals surface area (Å²) in [6, 6.07) is 9.36. The van der Waals surface area contributed by atoms with Crippen molar-refractivity contribution in [2.45, 2.75) is 13.8 Å². The standard InChI is InChI=1S/C16H18N2O3S2/c1-4-21-15(19)14-10(2)9-13(23-14)18-16(22)17-11-7-5-6-8-12(11)20-3/h5-9H,4H2,1-3H3,(H2,17,18,22). The van der Waals surface area contributed by atoms with Gasteiger partial charge >= 0.3 is 5.97 Å². The van der Waals surface area contributed by atoms with E-state index in [2.05, 4.69) is 10.6 Å². The minimum absolute atomic E-state index is 0.313. The van der Waals surface area contributed by atoms with Crippen molar-refractivity contribution >= 4 is 45.3 Å².